The Morgan fingerprint density at radius 1 is 1.04 bits per heavy atom. The molecule has 122 valence electrons. The summed E-state index contributed by atoms with van der Waals surface area (Å²) in [4.78, 5) is 14.8. The van der Waals surface area contributed by atoms with Gasteiger partial charge in [-0.05, 0) is 30.7 Å². The Labute approximate surface area is 138 Å². The zero-order valence-corrected chi connectivity index (χ0v) is 13.8. The topological polar surface area (TPSA) is 29.5 Å². The molecule has 1 amide bonds. The molecule has 0 spiro atoms. The van der Waals surface area contributed by atoms with Gasteiger partial charge in [0.05, 0.1) is 0 Å². The van der Waals surface area contributed by atoms with Crippen LogP contribution in [0.25, 0.3) is 10.8 Å². The first-order chi connectivity index (χ1) is 11.3. The second kappa shape index (κ2) is 7.49. The van der Waals surface area contributed by atoms with E-state index in [9.17, 15) is 4.79 Å². The Bertz CT molecular complexity index is 654. The van der Waals surface area contributed by atoms with E-state index < -0.39 is 0 Å². The van der Waals surface area contributed by atoms with Crippen LogP contribution in [0.4, 0.5) is 0 Å². The van der Waals surface area contributed by atoms with Gasteiger partial charge in [-0.3, -0.25) is 4.79 Å². The summed E-state index contributed by atoms with van der Waals surface area (Å²) < 4.78 is 6.14. The van der Waals surface area contributed by atoms with Crippen molar-refractivity contribution >= 4 is 16.7 Å². The number of benzene rings is 2. The van der Waals surface area contributed by atoms with Crippen molar-refractivity contribution in [3.05, 3.63) is 42.5 Å². The lowest BCUT2D eigenvalue weighted by Crippen LogP contribution is -2.42. The third-order valence-electron chi connectivity index (χ3n) is 4.58. The number of hydrogen-bond donors (Lipinski definition) is 0. The van der Waals surface area contributed by atoms with Crippen LogP contribution in [0.2, 0.25) is 0 Å². The SMILES string of the molecule is CC[C@H](Oc1cccc2ccccc12)C(=O)N1CCCCCC1. The predicted molar refractivity (Wildman–Crippen MR) is 93.7 cm³/mol. The van der Waals surface area contributed by atoms with Crippen molar-refractivity contribution in [1.82, 2.24) is 4.90 Å². The number of rotatable bonds is 4. The van der Waals surface area contributed by atoms with Crippen molar-refractivity contribution in [2.45, 2.75) is 45.1 Å². The number of nitrogens with zero attached hydrogens (tertiary/aromatic N) is 1. The molecule has 1 saturated heterocycles. The molecule has 23 heavy (non-hydrogen) atoms. The molecule has 0 aliphatic carbocycles. The van der Waals surface area contributed by atoms with Crippen molar-refractivity contribution < 1.29 is 9.53 Å². The summed E-state index contributed by atoms with van der Waals surface area (Å²) in [6, 6.07) is 14.2. The van der Waals surface area contributed by atoms with Gasteiger partial charge in [0, 0.05) is 18.5 Å². The largest absolute Gasteiger partial charge is 0.480 e. The first-order valence-electron chi connectivity index (χ1n) is 8.73. The Morgan fingerprint density at radius 3 is 2.48 bits per heavy atom. The summed E-state index contributed by atoms with van der Waals surface area (Å²) >= 11 is 0. The molecule has 3 heteroatoms. The van der Waals surface area contributed by atoms with Crippen LogP contribution in [0.1, 0.15) is 39.0 Å². The van der Waals surface area contributed by atoms with Crippen molar-refractivity contribution in [2.24, 2.45) is 0 Å². The number of carbonyl (C=O) groups excluding carboxylic acids is 1. The van der Waals surface area contributed by atoms with Gasteiger partial charge in [-0.15, -0.1) is 0 Å². The highest BCUT2D eigenvalue weighted by Crippen LogP contribution is 2.27. The molecule has 2 aromatic carbocycles. The number of ether oxygens (including phenoxy) is 1. The first kappa shape index (κ1) is 15.9. The number of carbonyl (C=O) groups is 1. The van der Waals surface area contributed by atoms with Crippen molar-refractivity contribution in [2.75, 3.05) is 13.1 Å². The Balaban J connectivity index is 1.79. The lowest BCUT2D eigenvalue weighted by atomic mass is 10.1. The average molecular weight is 311 g/mol. The van der Waals surface area contributed by atoms with Crippen LogP contribution in [-0.4, -0.2) is 30.0 Å². The van der Waals surface area contributed by atoms with Gasteiger partial charge in [0.2, 0.25) is 0 Å². The first-order valence-corrected chi connectivity index (χ1v) is 8.73. The third kappa shape index (κ3) is 3.66. The molecule has 1 aliphatic rings. The Hall–Kier alpha value is -2.03. The minimum atomic E-state index is -0.390. The molecule has 3 rings (SSSR count). The van der Waals surface area contributed by atoms with E-state index in [0.29, 0.717) is 6.42 Å². The van der Waals surface area contributed by atoms with Crippen molar-refractivity contribution in [3.8, 4) is 5.75 Å². The van der Waals surface area contributed by atoms with Gasteiger partial charge >= 0.3 is 0 Å². The van der Waals surface area contributed by atoms with Gasteiger partial charge in [0.15, 0.2) is 6.10 Å². The fourth-order valence-electron chi connectivity index (χ4n) is 3.25. The molecule has 0 bridgehead atoms. The van der Waals surface area contributed by atoms with Gasteiger partial charge in [-0.1, -0.05) is 56.2 Å². The van der Waals surface area contributed by atoms with E-state index in [0.717, 1.165) is 42.5 Å². The van der Waals surface area contributed by atoms with Crippen LogP contribution in [-0.2, 0) is 4.79 Å². The highest BCUT2D eigenvalue weighted by molar-refractivity contribution is 5.89. The lowest BCUT2D eigenvalue weighted by molar-refractivity contribution is -0.138. The fraction of sp³-hybridized carbons (Fsp3) is 0.450. The minimum Gasteiger partial charge on any atom is -0.480 e. The van der Waals surface area contributed by atoms with Crippen LogP contribution in [0.15, 0.2) is 42.5 Å². The molecule has 1 aliphatic heterocycles. The van der Waals surface area contributed by atoms with Gasteiger partial charge in [-0.2, -0.15) is 0 Å². The van der Waals surface area contributed by atoms with E-state index in [1.807, 2.05) is 42.2 Å². The van der Waals surface area contributed by atoms with Gasteiger partial charge < -0.3 is 9.64 Å². The highest BCUT2D eigenvalue weighted by atomic mass is 16.5. The van der Waals surface area contributed by atoms with E-state index >= 15 is 0 Å². The maximum Gasteiger partial charge on any atom is 0.263 e. The molecule has 0 radical (unpaired) electrons. The van der Waals surface area contributed by atoms with Crippen LogP contribution < -0.4 is 4.74 Å². The average Bonchev–Trinajstić information content (AvgIpc) is 2.88. The van der Waals surface area contributed by atoms with Gasteiger partial charge in [0.25, 0.3) is 5.91 Å². The van der Waals surface area contributed by atoms with Gasteiger partial charge in [0.1, 0.15) is 5.75 Å². The second-order valence-electron chi connectivity index (χ2n) is 6.23. The molecule has 1 heterocycles. The van der Waals surface area contributed by atoms with E-state index in [1.54, 1.807) is 0 Å². The van der Waals surface area contributed by atoms with Crippen LogP contribution in [0.3, 0.4) is 0 Å². The number of hydrogen-bond acceptors (Lipinski definition) is 2. The summed E-state index contributed by atoms with van der Waals surface area (Å²) in [5.74, 6) is 0.945. The summed E-state index contributed by atoms with van der Waals surface area (Å²) in [7, 11) is 0. The molecule has 0 N–H and O–H groups in total. The lowest BCUT2D eigenvalue weighted by Gasteiger charge is -2.26. The normalized spacial score (nSPS) is 16.8. The highest BCUT2D eigenvalue weighted by Gasteiger charge is 2.25. The van der Waals surface area contributed by atoms with Crippen LogP contribution >= 0.6 is 0 Å². The molecule has 2 aromatic rings. The zero-order chi connectivity index (χ0) is 16.1. The minimum absolute atomic E-state index is 0.141. The maximum atomic E-state index is 12.8. The van der Waals surface area contributed by atoms with Crippen molar-refractivity contribution in [1.29, 1.82) is 0 Å². The summed E-state index contributed by atoms with van der Waals surface area (Å²) in [6.07, 6.45) is 4.97. The van der Waals surface area contributed by atoms with Crippen molar-refractivity contribution in [3.63, 3.8) is 0 Å². The van der Waals surface area contributed by atoms with E-state index in [4.69, 9.17) is 4.74 Å². The molecular formula is C20H25NO2. The predicted octanol–water partition coefficient (Wildman–Crippen LogP) is 4.40. The number of fused-ring (bicyclic) bond motifs is 1. The third-order valence-corrected chi connectivity index (χ3v) is 4.58. The van der Waals surface area contributed by atoms with Gasteiger partial charge in [-0.25, -0.2) is 0 Å². The molecule has 1 fully saturated rings. The molecule has 0 unspecified atom stereocenters. The Morgan fingerprint density at radius 2 is 1.74 bits per heavy atom. The zero-order valence-electron chi connectivity index (χ0n) is 13.8. The molecule has 1 atom stereocenters. The second-order valence-corrected chi connectivity index (χ2v) is 6.23. The summed E-state index contributed by atoms with van der Waals surface area (Å²) in [5, 5.41) is 2.21. The smallest absolute Gasteiger partial charge is 0.263 e. The van der Waals surface area contributed by atoms with Crippen LogP contribution in [0, 0.1) is 0 Å². The number of amides is 1. The van der Waals surface area contributed by atoms with E-state index in [2.05, 4.69) is 12.1 Å². The van der Waals surface area contributed by atoms with E-state index in [1.165, 1.54) is 12.8 Å². The summed E-state index contributed by atoms with van der Waals surface area (Å²) in [5.41, 5.74) is 0. The molecular weight excluding hydrogens is 286 g/mol. The fourth-order valence-corrected chi connectivity index (χ4v) is 3.25. The standard InChI is InChI=1S/C20H25NO2/c1-2-18(20(22)21-14-7-3-4-8-15-21)23-19-13-9-11-16-10-5-6-12-17(16)19/h5-6,9-13,18H,2-4,7-8,14-15H2,1H3/t18-/m0/s1. The maximum absolute atomic E-state index is 12.8. The summed E-state index contributed by atoms with van der Waals surface area (Å²) in [6.45, 7) is 3.76. The monoisotopic (exact) mass is 311 g/mol. The molecule has 0 aromatic heterocycles. The van der Waals surface area contributed by atoms with Crippen LogP contribution in [0.5, 0.6) is 5.75 Å². The number of likely N-dealkylation sites (tertiary alicyclic amines) is 1. The van der Waals surface area contributed by atoms with E-state index in [-0.39, 0.29) is 12.0 Å². The quantitative estimate of drug-likeness (QED) is 0.837. The Kier molecular flexibility index (Phi) is 5.16. The molecule has 0 saturated carbocycles. The molecule has 3 nitrogen and oxygen atoms in total.